The monoisotopic (exact) mass is 483 g/mol. The van der Waals surface area contributed by atoms with Gasteiger partial charge in [-0.2, -0.15) is 18.3 Å². The Labute approximate surface area is 196 Å². The summed E-state index contributed by atoms with van der Waals surface area (Å²) in [7, 11) is 1.75. The van der Waals surface area contributed by atoms with E-state index < -0.39 is 17.8 Å². The van der Waals surface area contributed by atoms with Crippen molar-refractivity contribution >= 4 is 39.4 Å². The molecule has 1 aliphatic rings. The third kappa shape index (κ3) is 4.00. The minimum Gasteiger partial charge on any atom is -0.383 e. The van der Waals surface area contributed by atoms with Crippen molar-refractivity contribution in [2.75, 3.05) is 12.3 Å². The first kappa shape index (κ1) is 22.6. The number of amides is 2. The van der Waals surface area contributed by atoms with Crippen molar-refractivity contribution in [3.63, 3.8) is 0 Å². The van der Waals surface area contributed by atoms with Crippen LogP contribution in [-0.4, -0.2) is 48.1 Å². The minimum atomic E-state index is -4.57. The van der Waals surface area contributed by atoms with E-state index in [9.17, 15) is 22.8 Å². The first-order valence-electron chi connectivity index (χ1n) is 10.8. The first-order valence-corrected chi connectivity index (χ1v) is 10.8. The topological polar surface area (TPSA) is 110 Å². The summed E-state index contributed by atoms with van der Waals surface area (Å²) in [6.07, 6.45) is -1.05. The molecule has 0 unspecified atom stereocenters. The van der Waals surface area contributed by atoms with Crippen LogP contribution in [0, 0.1) is 0 Å². The Hall–Kier alpha value is -4.22. The number of hydrogen-bond acceptors (Lipinski definition) is 6. The average molecular weight is 483 g/mol. The fraction of sp³-hybridized carbons (Fsp3) is 0.261. The molecule has 3 aromatic heterocycles. The lowest BCUT2D eigenvalue weighted by atomic mass is 10.1. The van der Waals surface area contributed by atoms with E-state index in [-0.39, 0.29) is 24.4 Å². The third-order valence-corrected chi connectivity index (χ3v) is 5.98. The highest BCUT2D eigenvalue weighted by Crippen LogP contribution is 2.30. The van der Waals surface area contributed by atoms with E-state index in [0.717, 1.165) is 12.3 Å². The van der Waals surface area contributed by atoms with Crippen molar-refractivity contribution < 1.29 is 22.8 Å². The van der Waals surface area contributed by atoms with Crippen molar-refractivity contribution in [1.29, 1.82) is 0 Å². The van der Waals surface area contributed by atoms with Crippen LogP contribution < -0.4 is 5.73 Å². The minimum absolute atomic E-state index is 0.116. The van der Waals surface area contributed by atoms with E-state index in [1.165, 1.54) is 16.1 Å². The predicted molar refractivity (Wildman–Crippen MR) is 120 cm³/mol. The Morgan fingerprint density at radius 2 is 1.97 bits per heavy atom. The number of aromatic nitrogens is 4. The summed E-state index contributed by atoms with van der Waals surface area (Å²) in [4.78, 5) is 34.0. The normalized spacial score (nSPS) is 14.3. The van der Waals surface area contributed by atoms with Crippen LogP contribution in [0.25, 0.3) is 21.8 Å². The molecule has 35 heavy (non-hydrogen) atoms. The molecule has 4 heterocycles. The number of hydrogen-bond donors (Lipinski definition) is 1. The number of alkyl halides is 3. The molecule has 12 heteroatoms. The van der Waals surface area contributed by atoms with Crippen LogP contribution in [0.1, 0.15) is 34.5 Å². The summed E-state index contributed by atoms with van der Waals surface area (Å²) >= 11 is 0. The average Bonchev–Trinajstić information content (AvgIpc) is 3.43. The Morgan fingerprint density at radius 1 is 1.17 bits per heavy atom. The molecular formula is C23H20F3N7O2. The van der Waals surface area contributed by atoms with Crippen LogP contribution in [0.5, 0.6) is 0 Å². The highest BCUT2D eigenvalue weighted by atomic mass is 19.4. The van der Waals surface area contributed by atoms with Crippen LogP contribution in [0.3, 0.4) is 0 Å². The predicted octanol–water partition coefficient (Wildman–Crippen LogP) is 3.30. The van der Waals surface area contributed by atoms with Gasteiger partial charge in [0.2, 0.25) is 5.91 Å². The van der Waals surface area contributed by atoms with Gasteiger partial charge in [0, 0.05) is 37.2 Å². The molecule has 0 radical (unpaired) electrons. The van der Waals surface area contributed by atoms with E-state index in [4.69, 9.17) is 5.73 Å². The highest BCUT2D eigenvalue weighted by molar-refractivity contribution is 6.10. The molecule has 0 spiro atoms. The van der Waals surface area contributed by atoms with Gasteiger partial charge in [0.05, 0.1) is 29.2 Å². The number of hydrazine groups is 1. The zero-order valence-electron chi connectivity index (χ0n) is 18.6. The number of rotatable bonds is 4. The largest absolute Gasteiger partial charge is 0.433 e. The number of benzene rings is 1. The number of nitrogen functional groups attached to an aromatic ring is 1. The van der Waals surface area contributed by atoms with Gasteiger partial charge in [-0.1, -0.05) is 6.07 Å². The summed E-state index contributed by atoms with van der Waals surface area (Å²) in [5, 5.41) is 8.13. The number of anilines is 1. The van der Waals surface area contributed by atoms with Gasteiger partial charge in [0.1, 0.15) is 11.5 Å². The van der Waals surface area contributed by atoms with Crippen LogP contribution >= 0.6 is 0 Å². The van der Waals surface area contributed by atoms with Crippen molar-refractivity contribution in [3.8, 4) is 0 Å². The molecule has 5 rings (SSSR count). The van der Waals surface area contributed by atoms with Crippen molar-refractivity contribution in [2.24, 2.45) is 7.05 Å². The molecule has 2 N–H and O–H groups in total. The lowest BCUT2D eigenvalue weighted by molar-refractivity contribution is -0.141. The van der Waals surface area contributed by atoms with E-state index in [2.05, 4.69) is 15.1 Å². The number of carbonyl (C=O) groups excluding carboxylic acids is 2. The fourth-order valence-electron chi connectivity index (χ4n) is 4.25. The van der Waals surface area contributed by atoms with Gasteiger partial charge in [-0.15, -0.1) is 0 Å². The quantitative estimate of drug-likeness (QED) is 0.477. The van der Waals surface area contributed by atoms with Gasteiger partial charge in [-0.05, 0) is 36.2 Å². The maximum atomic E-state index is 13.6. The second-order valence-electron chi connectivity index (χ2n) is 8.29. The number of pyridine rings is 2. The smallest absolute Gasteiger partial charge is 0.383 e. The molecule has 0 aliphatic carbocycles. The molecule has 0 saturated carbocycles. The Bertz CT molecular complexity index is 1460. The van der Waals surface area contributed by atoms with Crippen LogP contribution in [0.2, 0.25) is 0 Å². The SMILES string of the molecule is Cn1ncc2c(N)nc3ccc(C(=O)N(Cc4ccc(C(F)(F)F)nc4)N4CCCC4=O)cc3c21. The van der Waals surface area contributed by atoms with Gasteiger partial charge < -0.3 is 5.73 Å². The molecule has 0 atom stereocenters. The molecule has 1 fully saturated rings. The van der Waals surface area contributed by atoms with E-state index in [1.54, 1.807) is 36.1 Å². The van der Waals surface area contributed by atoms with Crippen LogP contribution in [0.4, 0.5) is 19.0 Å². The van der Waals surface area contributed by atoms with Crippen LogP contribution in [0.15, 0.2) is 42.7 Å². The zero-order chi connectivity index (χ0) is 24.9. The summed E-state index contributed by atoms with van der Waals surface area (Å²) < 4.78 is 40.3. The molecule has 1 aromatic carbocycles. The molecule has 180 valence electrons. The number of halogens is 3. The van der Waals surface area contributed by atoms with Crippen LogP contribution in [-0.2, 0) is 24.6 Å². The summed E-state index contributed by atoms with van der Waals surface area (Å²) in [6, 6.07) is 7.01. The highest BCUT2D eigenvalue weighted by Gasteiger charge is 2.33. The first-order chi connectivity index (χ1) is 16.6. The Kier molecular flexibility index (Phi) is 5.30. The number of carbonyl (C=O) groups is 2. The second-order valence-corrected chi connectivity index (χ2v) is 8.29. The standard InChI is InChI=1S/C23H20F3N7O2/c1-31-20-15-9-14(5-6-17(15)30-21(27)16(20)11-29-31)22(35)33(32-8-2-3-19(32)34)12-13-4-7-18(28-10-13)23(24,25)26/h4-7,9-11H,2-3,8,12H2,1H3,(H2,27,30). The lowest BCUT2D eigenvalue weighted by Gasteiger charge is -2.32. The van der Waals surface area contributed by atoms with Gasteiger partial charge in [0.15, 0.2) is 0 Å². The van der Waals surface area contributed by atoms with E-state index in [0.29, 0.717) is 46.2 Å². The zero-order valence-corrected chi connectivity index (χ0v) is 18.6. The Morgan fingerprint density at radius 3 is 2.63 bits per heavy atom. The van der Waals surface area contributed by atoms with Crippen molar-refractivity contribution in [3.05, 3.63) is 59.5 Å². The lowest BCUT2D eigenvalue weighted by Crippen LogP contribution is -2.46. The molecule has 0 bridgehead atoms. The molecular weight excluding hydrogens is 463 g/mol. The third-order valence-electron chi connectivity index (χ3n) is 5.98. The molecule has 4 aromatic rings. The van der Waals surface area contributed by atoms with Gasteiger partial charge >= 0.3 is 6.18 Å². The molecule has 2 amide bonds. The molecule has 1 saturated heterocycles. The van der Waals surface area contributed by atoms with E-state index >= 15 is 0 Å². The second kappa shape index (κ2) is 8.22. The summed E-state index contributed by atoms with van der Waals surface area (Å²) in [5.41, 5.74) is 6.93. The maximum Gasteiger partial charge on any atom is 0.433 e. The number of nitrogens with zero attached hydrogens (tertiary/aromatic N) is 6. The maximum absolute atomic E-state index is 13.6. The number of nitrogens with two attached hydrogens (primary N) is 1. The van der Waals surface area contributed by atoms with Gasteiger partial charge in [-0.25, -0.2) is 9.99 Å². The number of aryl methyl sites for hydroxylation is 1. The summed E-state index contributed by atoms with van der Waals surface area (Å²) in [5.74, 6) is -0.393. The fourth-order valence-corrected chi connectivity index (χ4v) is 4.25. The van der Waals surface area contributed by atoms with Crippen molar-refractivity contribution in [2.45, 2.75) is 25.6 Å². The Balaban J connectivity index is 1.54. The van der Waals surface area contributed by atoms with Gasteiger partial charge in [0.25, 0.3) is 5.91 Å². The van der Waals surface area contributed by atoms with Gasteiger partial charge in [-0.3, -0.25) is 24.3 Å². The summed E-state index contributed by atoms with van der Waals surface area (Å²) in [6.45, 7) is 0.213. The number of fused-ring (bicyclic) bond motifs is 3. The van der Waals surface area contributed by atoms with Crippen molar-refractivity contribution in [1.82, 2.24) is 29.8 Å². The molecule has 9 nitrogen and oxygen atoms in total. The van der Waals surface area contributed by atoms with E-state index in [1.807, 2.05) is 0 Å². The molecule has 1 aliphatic heterocycles.